The fourth-order valence-electron chi connectivity index (χ4n) is 2.47. The highest BCUT2D eigenvalue weighted by Gasteiger charge is 2.08. The lowest BCUT2D eigenvalue weighted by molar-refractivity contribution is -0.150. The summed E-state index contributed by atoms with van der Waals surface area (Å²) in [5.74, 6) is 0.775. The van der Waals surface area contributed by atoms with E-state index < -0.39 is 5.97 Å². The highest BCUT2D eigenvalue weighted by atomic mass is 16.6. The first-order valence-corrected chi connectivity index (χ1v) is 9.26. The molecule has 2 rings (SSSR count). The van der Waals surface area contributed by atoms with Crippen molar-refractivity contribution in [1.82, 2.24) is 5.32 Å². The smallest absolute Gasteiger partial charge is 0.344 e. The SMILES string of the molecule is COc1ccc(OCC(=O)OCC(=O)NCCc2ccc(C(C)C)cc2)cc1. The van der Waals surface area contributed by atoms with Gasteiger partial charge < -0.3 is 19.5 Å². The molecule has 2 aromatic rings. The Balaban J connectivity index is 1.61. The van der Waals surface area contributed by atoms with Gasteiger partial charge in [-0.05, 0) is 47.7 Å². The van der Waals surface area contributed by atoms with Crippen LogP contribution in [0.2, 0.25) is 0 Å². The second-order valence-electron chi connectivity index (χ2n) is 6.62. The molecule has 0 aliphatic carbocycles. The van der Waals surface area contributed by atoms with Crippen molar-refractivity contribution in [2.24, 2.45) is 0 Å². The van der Waals surface area contributed by atoms with Crippen LogP contribution in [0.5, 0.6) is 11.5 Å². The summed E-state index contributed by atoms with van der Waals surface area (Å²) in [6.07, 6.45) is 0.721. The van der Waals surface area contributed by atoms with E-state index >= 15 is 0 Å². The lowest BCUT2D eigenvalue weighted by atomic mass is 10.0. The van der Waals surface area contributed by atoms with Crippen LogP contribution in [0, 0.1) is 0 Å². The van der Waals surface area contributed by atoms with Crippen molar-refractivity contribution in [2.75, 3.05) is 26.9 Å². The third-order valence-corrected chi connectivity index (χ3v) is 4.16. The van der Waals surface area contributed by atoms with E-state index in [9.17, 15) is 9.59 Å². The Morgan fingerprint density at radius 2 is 1.57 bits per heavy atom. The first-order valence-electron chi connectivity index (χ1n) is 9.26. The molecule has 0 saturated carbocycles. The molecule has 0 unspecified atom stereocenters. The number of carbonyl (C=O) groups is 2. The fourth-order valence-corrected chi connectivity index (χ4v) is 2.47. The van der Waals surface area contributed by atoms with E-state index in [4.69, 9.17) is 14.2 Å². The number of esters is 1. The van der Waals surface area contributed by atoms with Gasteiger partial charge in [0.25, 0.3) is 5.91 Å². The van der Waals surface area contributed by atoms with Crippen molar-refractivity contribution >= 4 is 11.9 Å². The number of nitrogens with one attached hydrogen (secondary N) is 1. The summed E-state index contributed by atoms with van der Waals surface area (Å²) in [6, 6.07) is 15.2. The molecule has 2 aromatic carbocycles. The third kappa shape index (κ3) is 7.31. The lowest BCUT2D eigenvalue weighted by Gasteiger charge is -2.09. The van der Waals surface area contributed by atoms with E-state index in [1.807, 2.05) is 0 Å². The summed E-state index contributed by atoms with van der Waals surface area (Å²) < 4.78 is 15.3. The van der Waals surface area contributed by atoms with E-state index in [1.54, 1.807) is 31.4 Å². The molecule has 1 amide bonds. The van der Waals surface area contributed by atoms with Crippen molar-refractivity contribution < 1.29 is 23.8 Å². The maximum atomic E-state index is 11.8. The van der Waals surface area contributed by atoms with Crippen molar-refractivity contribution in [3.63, 3.8) is 0 Å². The third-order valence-electron chi connectivity index (χ3n) is 4.16. The van der Waals surface area contributed by atoms with Gasteiger partial charge in [-0.1, -0.05) is 38.1 Å². The second-order valence-corrected chi connectivity index (χ2v) is 6.62. The van der Waals surface area contributed by atoms with E-state index in [0.29, 0.717) is 24.0 Å². The maximum absolute atomic E-state index is 11.8. The van der Waals surface area contributed by atoms with Crippen molar-refractivity contribution in [1.29, 1.82) is 0 Å². The molecule has 6 nitrogen and oxygen atoms in total. The lowest BCUT2D eigenvalue weighted by Crippen LogP contribution is -2.31. The Bertz CT molecular complexity index is 754. The molecular formula is C22H27NO5. The van der Waals surface area contributed by atoms with Crippen LogP contribution in [-0.4, -0.2) is 38.7 Å². The predicted molar refractivity (Wildman–Crippen MR) is 107 cm³/mol. The summed E-state index contributed by atoms with van der Waals surface area (Å²) in [5, 5.41) is 2.74. The summed E-state index contributed by atoms with van der Waals surface area (Å²) in [5.41, 5.74) is 2.44. The van der Waals surface area contributed by atoms with Gasteiger partial charge in [0.1, 0.15) is 11.5 Å². The molecule has 0 fully saturated rings. The average molecular weight is 385 g/mol. The highest BCUT2D eigenvalue weighted by molar-refractivity contribution is 5.80. The van der Waals surface area contributed by atoms with Gasteiger partial charge in [0, 0.05) is 6.54 Å². The van der Waals surface area contributed by atoms with E-state index in [2.05, 4.69) is 43.4 Å². The molecule has 0 radical (unpaired) electrons. The quantitative estimate of drug-likeness (QED) is 0.636. The molecular weight excluding hydrogens is 358 g/mol. The number of carbonyl (C=O) groups excluding carboxylic acids is 2. The van der Waals surface area contributed by atoms with Gasteiger partial charge in [0.2, 0.25) is 0 Å². The molecule has 6 heteroatoms. The molecule has 0 heterocycles. The Morgan fingerprint density at radius 3 is 2.18 bits per heavy atom. The Labute approximate surface area is 165 Å². The van der Waals surface area contributed by atoms with Crippen LogP contribution in [0.3, 0.4) is 0 Å². The predicted octanol–water partition coefficient (Wildman–Crippen LogP) is 3.10. The normalized spacial score (nSPS) is 10.4. The molecule has 0 saturated heterocycles. The summed E-state index contributed by atoms with van der Waals surface area (Å²) in [4.78, 5) is 23.5. The summed E-state index contributed by atoms with van der Waals surface area (Å²) >= 11 is 0. The second kappa shape index (κ2) is 11.0. The van der Waals surface area contributed by atoms with Gasteiger partial charge in [-0.15, -0.1) is 0 Å². The average Bonchev–Trinajstić information content (AvgIpc) is 2.71. The van der Waals surface area contributed by atoms with Crippen LogP contribution in [0.4, 0.5) is 0 Å². The molecule has 0 aliphatic heterocycles. The molecule has 0 bridgehead atoms. The van der Waals surface area contributed by atoms with Gasteiger partial charge in [-0.3, -0.25) is 4.79 Å². The van der Waals surface area contributed by atoms with Gasteiger partial charge in [-0.2, -0.15) is 0 Å². The van der Waals surface area contributed by atoms with E-state index in [0.717, 1.165) is 12.0 Å². The summed E-state index contributed by atoms with van der Waals surface area (Å²) in [7, 11) is 1.57. The van der Waals surface area contributed by atoms with Crippen molar-refractivity contribution in [2.45, 2.75) is 26.2 Å². The number of rotatable bonds is 10. The molecule has 1 N–H and O–H groups in total. The van der Waals surface area contributed by atoms with E-state index in [1.165, 1.54) is 5.56 Å². The molecule has 150 valence electrons. The maximum Gasteiger partial charge on any atom is 0.344 e. The van der Waals surface area contributed by atoms with E-state index in [-0.39, 0.29) is 19.1 Å². The fraction of sp³-hybridized carbons (Fsp3) is 0.364. The van der Waals surface area contributed by atoms with Gasteiger partial charge >= 0.3 is 5.97 Å². The largest absolute Gasteiger partial charge is 0.497 e. The first-order chi connectivity index (χ1) is 13.5. The van der Waals surface area contributed by atoms with Crippen LogP contribution in [0.25, 0.3) is 0 Å². The minimum Gasteiger partial charge on any atom is -0.497 e. The minimum atomic E-state index is -0.602. The molecule has 28 heavy (non-hydrogen) atoms. The zero-order valence-corrected chi connectivity index (χ0v) is 16.6. The van der Waals surface area contributed by atoms with Crippen LogP contribution in [0.15, 0.2) is 48.5 Å². The Kier molecular flexibility index (Phi) is 8.34. The number of ether oxygens (including phenoxy) is 3. The number of hydrogen-bond acceptors (Lipinski definition) is 5. The summed E-state index contributed by atoms with van der Waals surface area (Å²) in [6.45, 7) is 4.20. The standard InChI is InChI=1S/C22H27NO5/c1-16(2)18-6-4-17(5-7-18)12-13-23-21(24)14-28-22(25)15-27-20-10-8-19(26-3)9-11-20/h4-11,16H,12-15H2,1-3H3,(H,23,24). The van der Waals surface area contributed by atoms with Crippen molar-refractivity contribution in [3.8, 4) is 11.5 Å². The first kappa shape index (κ1) is 21.3. The van der Waals surface area contributed by atoms with Crippen LogP contribution in [0.1, 0.15) is 30.9 Å². The molecule has 0 aromatic heterocycles. The van der Waals surface area contributed by atoms with Crippen LogP contribution >= 0.6 is 0 Å². The van der Waals surface area contributed by atoms with Crippen LogP contribution < -0.4 is 14.8 Å². The molecule has 0 spiro atoms. The minimum absolute atomic E-state index is 0.262. The molecule has 0 atom stereocenters. The zero-order valence-electron chi connectivity index (χ0n) is 16.6. The van der Waals surface area contributed by atoms with Crippen molar-refractivity contribution in [3.05, 3.63) is 59.7 Å². The molecule has 0 aliphatic rings. The Hall–Kier alpha value is -3.02. The van der Waals surface area contributed by atoms with Gasteiger partial charge in [0.05, 0.1) is 7.11 Å². The number of methoxy groups -OCH3 is 1. The topological polar surface area (TPSA) is 73.9 Å². The van der Waals surface area contributed by atoms with Gasteiger partial charge in [0.15, 0.2) is 13.2 Å². The highest BCUT2D eigenvalue weighted by Crippen LogP contribution is 2.17. The number of benzene rings is 2. The Morgan fingerprint density at radius 1 is 0.929 bits per heavy atom. The number of amides is 1. The monoisotopic (exact) mass is 385 g/mol. The number of hydrogen-bond donors (Lipinski definition) is 1. The van der Waals surface area contributed by atoms with Crippen LogP contribution in [-0.2, 0) is 20.7 Å². The van der Waals surface area contributed by atoms with Gasteiger partial charge in [-0.25, -0.2) is 4.79 Å². The zero-order chi connectivity index (χ0) is 20.4.